The SMILES string of the molecule is COc1cccc(NC(=O)N2CCN(c3nc4nc(C)ccc4o3)CC2)c1. The number of fused-ring (bicyclic) bond motifs is 1. The molecule has 140 valence electrons. The summed E-state index contributed by atoms with van der Waals surface area (Å²) in [5.74, 6) is 0.706. The second-order valence-corrected chi connectivity index (χ2v) is 6.41. The number of nitrogens with one attached hydrogen (secondary N) is 1. The molecular weight excluding hydrogens is 346 g/mol. The minimum absolute atomic E-state index is 0.127. The fraction of sp³-hybridized carbons (Fsp3) is 0.316. The summed E-state index contributed by atoms with van der Waals surface area (Å²) in [5, 5.41) is 2.91. The number of urea groups is 1. The van der Waals surface area contributed by atoms with Crippen LogP contribution in [0.5, 0.6) is 5.75 Å². The first kappa shape index (κ1) is 17.1. The second kappa shape index (κ2) is 7.14. The van der Waals surface area contributed by atoms with E-state index < -0.39 is 0 Å². The van der Waals surface area contributed by atoms with Gasteiger partial charge in [-0.25, -0.2) is 9.78 Å². The van der Waals surface area contributed by atoms with Gasteiger partial charge in [0.2, 0.25) is 5.65 Å². The van der Waals surface area contributed by atoms with Crippen molar-refractivity contribution >= 4 is 29.0 Å². The van der Waals surface area contributed by atoms with Gasteiger partial charge in [-0.1, -0.05) is 6.07 Å². The fourth-order valence-electron chi connectivity index (χ4n) is 3.04. The Morgan fingerprint density at radius 2 is 1.96 bits per heavy atom. The molecule has 1 aliphatic rings. The van der Waals surface area contributed by atoms with Crippen LogP contribution in [-0.2, 0) is 0 Å². The summed E-state index contributed by atoms with van der Waals surface area (Å²) in [7, 11) is 1.60. The predicted octanol–water partition coefficient (Wildman–Crippen LogP) is 2.89. The minimum Gasteiger partial charge on any atom is -0.497 e. The Bertz CT molecular complexity index is 963. The number of piperazine rings is 1. The normalized spacial score (nSPS) is 14.4. The van der Waals surface area contributed by atoms with E-state index in [1.807, 2.05) is 42.2 Å². The first-order valence-electron chi connectivity index (χ1n) is 8.81. The molecule has 0 unspecified atom stereocenters. The van der Waals surface area contributed by atoms with E-state index in [0.717, 1.165) is 5.69 Å². The molecule has 1 fully saturated rings. The number of aromatic nitrogens is 2. The molecule has 0 atom stereocenters. The first-order chi connectivity index (χ1) is 13.1. The number of oxazole rings is 1. The van der Waals surface area contributed by atoms with Gasteiger partial charge in [-0.2, -0.15) is 4.98 Å². The molecule has 1 saturated heterocycles. The van der Waals surface area contributed by atoms with E-state index in [2.05, 4.69) is 15.3 Å². The highest BCUT2D eigenvalue weighted by Crippen LogP contribution is 2.22. The van der Waals surface area contributed by atoms with Crippen molar-refractivity contribution in [1.82, 2.24) is 14.9 Å². The Labute approximate surface area is 156 Å². The Morgan fingerprint density at radius 3 is 2.74 bits per heavy atom. The van der Waals surface area contributed by atoms with E-state index in [1.165, 1.54) is 0 Å². The van der Waals surface area contributed by atoms with Crippen LogP contribution in [0.3, 0.4) is 0 Å². The van der Waals surface area contributed by atoms with Crippen molar-refractivity contribution in [3.63, 3.8) is 0 Å². The van der Waals surface area contributed by atoms with Crippen LogP contribution in [0.15, 0.2) is 40.8 Å². The predicted molar refractivity (Wildman–Crippen MR) is 102 cm³/mol. The summed E-state index contributed by atoms with van der Waals surface area (Å²) in [6.07, 6.45) is 0. The number of pyridine rings is 1. The number of methoxy groups -OCH3 is 1. The van der Waals surface area contributed by atoms with Crippen molar-refractivity contribution in [2.75, 3.05) is 43.5 Å². The summed E-state index contributed by atoms with van der Waals surface area (Å²) in [4.78, 5) is 25.2. The van der Waals surface area contributed by atoms with E-state index in [-0.39, 0.29) is 6.03 Å². The van der Waals surface area contributed by atoms with Crippen LogP contribution in [0.4, 0.5) is 16.5 Å². The Hall–Kier alpha value is -3.29. The lowest BCUT2D eigenvalue weighted by atomic mass is 10.3. The lowest BCUT2D eigenvalue weighted by Gasteiger charge is -2.33. The molecule has 1 aliphatic heterocycles. The van der Waals surface area contributed by atoms with E-state index in [4.69, 9.17) is 9.15 Å². The molecule has 8 heteroatoms. The Balaban J connectivity index is 1.38. The lowest BCUT2D eigenvalue weighted by molar-refractivity contribution is 0.207. The molecule has 1 aromatic carbocycles. The van der Waals surface area contributed by atoms with Gasteiger partial charge in [0.1, 0.15) is 5.75 Å². The van der Waals surface area contributed by atoms with E-state index in [0.29, 0.717) is 54.9 Å². The number of hydrogen-bond acceptors (Lipinski definition) is 6. The summed E-state index contributed by atoms with van der Waals surface area (Å²) in [5.41, 5.74) is 2.90. The Kier molecular flexibility index (Phi) is 4.53. The van der Waals surface area contributed by atoms with Crippen molar-refractivity contribution < 1.29 is 13.9 Å². The molecule has 8 nitrogen and oxygen atoms in total. The average Bonchev–Trinajstić information content (AvgIpc) is 3.11. The van der Waals surface area contributed by atoms with Gasteiger partial charge in [0.25, 0.3) is 6.01 Å². The van der Waals surface area contributed by atoms with Crippen molar-refractivity contribution in [3.05, 3.63) is 42.1 Å². The largest absolute Gasteiger partial charge is 0.497 e. The third-order valence-corrected chi connectivity index (χ3v) is 4.54. The molecule has 0 radical (unpaired) electrons. The van der Waals surface area contributed by atoms with Gasteiger partial charge in [0, 0.05) is 43.6 Å². The zero-order valence-corrected chi connectivity index (χ0v) is 15.3. The Morgan fingerprint density at radius 1 is 1.15 bits per heavy atom. The number of hydrogen-bond donors (Lipinski definition) is 1. The maximum Gasteiger partial charge on any atom is 0.321 e. The number of carbonyl (C=O) groups excluding carboxylic acids is 1. The number of aryl methyl sites for hydroxylation is 1. The van der Waals surface area contributed by atoms with Gasteiger partial charge in [-0.05, 0) is 31.2 Å². The van der Waals surface area contributed by atoms with E-state index >= 15 is 0 Å². The van der Waals surface area contributed by atoms with Crippen LogP contribution in [0.2, 0.25) is 0 Å². The van der Waals surface area contributed by atoms with E-state index in [1.54, 1.807) is 18.1 Å². The molecule has 1 N–H and O–H groups in total. The zero-order valence-electron chi connectivity index (χ0n) is 15.3. The van der Waals surface area contributed by atoms with Crippen molar-refractivity contribution in [2.45, 2.75) is 6.92 Å². The van der Waals surface area contributed by atoms with Gasteiger partial charge in [-0.3, -0.25) is 0 Å². The first-order valence-corrected chi connectivity index (χ1v) is 8.81. The summed E-state index contributed by atoms with van der Waals surface area (Å²) < 4.78 is 11.0. The molecule has 2 aromatic heterocycles. The molecular formula is C19H21N5O3. The highest BCUT2D eigenvalue weighted by atomic mass is 16.5. The summed E-state index contributed by atoms with van der Waals surface area (Å²) in [6.45, 7) is 4.39. The number of nitrogens with zero attached hydrogens (tertiary/aromatic N) is 4. The second-order valence-electron chi connectivity index (χ2n) is 6.41. The summed E-state index contributed by atoms with van der Waals surface area (Å²) in [6, 6.07) is 11.5. The number of benzene rings is 1. The highest BCUT2D eigenvalue weighted by Gasteiger charge is 2.24. The van der Waals surface area contributed by atoms with Crippen LogP contribution in [0, 0.1) is 6.92 Å². The zero-order chi connectivity index (χ0) is 18.8. The van der Waals surface area contributed by atoms with Gasteiger partial charge in [-0.15, -0.1) is 0 Å². The number of ether oxygens (including phenoxy) is 1. The van der Waals surface area contributed by atoms with Crippen molar-refractivity contribution in [3.8, 4) is 5.75 Å². The van der Waals surface area contributed by atoms with Crippen molar-refractivity contribution in [2.24, 2.45) is 0 Å². The van der Waals surface area contributed by atoms with Crippen LogP contribution < -0.4 is 15.0 Å². The number of rotatable bonds is 3. The van der Waals surface area contributed by atoms with Gasteiger partial charge < -0.3 is 24.3 Å². The van der Waals surface area contributed by atoms with Gasteiger partial charge >= 0.3 is 6.03 Å². The topological polar surface area (TPSA) is 83.7 Å². The third-order valence-electron chi connectivity index (χ3n) is 4.54. The van der Waals surface area contributed by atoms with Crippen LogP contribution in [0.25, 0.3) is 11.2 Å². The molecule has 0 saturated carbocycles. The summed E-state index contributed by atoms with van der Waals surface area (Å²) >= 11 is 0. The molecule has 4 rings (SSSR count). The molecule has 2 amide bonds. The number of amides is 2. The maximum absolute atomic E-state index is 12.5. The molecule has 0 spiro atoms. The van der Waals surface area contributed by atoms with Crippen LogP contribution in [0.1, 0.15) is 5.69 Å². The molecule has 27 heavy (non-hydrogen) atoms. The van der Waals surface area contributed by atoms with Gasteiger partial charge in [0.15, 0.2) is 5.58 Å². The third kappa shape index (κ3) is 3.64. The van der Waals surface area contributed by atoms with Crippen LogP contribution >= 0.6 is 0 Å². The lowest BCUT2D eigenvalue weighted by Crippen LogP contribution is -2.50. The smallest absolute Gasteiger partial charge is 0.321 e. The average molecular weight is 367 g/mol. The number of carbonyl (C=O) groups is 1. The molecule has 3 heterocycles. The fourth-order valence-corrected chi connectivity index (χ4v) is 3.04. The number of anilines is 2. The standard InChI is InChI=1S/C19H21N5O3/c1-13-6-7-16-17(20-13)22-19(27-16)24-10-8-23(9-11-24)18(25)21-14-4-3-5-15(12-14)26-2/h3-7,12H,8-11H2,1-2H3,(H,21,25). The monoisotopic (exact) mass is 367 g/mol. The van der Waals surface area contributed by atoms with E-state index in [9.17, 15) is 4.79 Å². The van der Waals surface area contributed by atoms with Gasteiger partial charge in [0.05, 0.1) is 7.11 Å². The quantitative estimate of drug-likeness (QED) is 0.766. The molecule has 3 aromatic rings. The molecule has 0 bridgehead atoms. The van der Waals surface area contributed by atoms with Crippen LogP contribution in [-0.4, -0.2) is 54.2 Å². The van der Waals surface area contributed by atoms with Crippen molar-refractivity contribution in [1.29, 1.82) is 0 Å². The highest BCUT2D eigenvalue weighted by molar-refractivity contribution is 5.89. The molecule has 0 aliphatic carbocycles. The minimum atomic E-state index is -0.127. The maximum atomic E-state index is 12.5.